The van der Waals surface area contributed by atoms with E-state index in [2.05, 4.69) is 6.92 Å². The summed E-state index contributed by atoms with van der Waals surface area (Å²) in [6, 6.07) is 7.63. The summed E-state index contributed by atoms with van der Waals surface area (Å²) in [5, 5.41) is 9.44. The summed E-state index contributed by atoms with van der Waals surface area (Å²) < 4.78 is 0. The molecule has 66 valence electrons. The number of rotatable bonds is 1. The molecule has 0 aromatic heterocycles. The minimum absolute atomic E-state index is 0. The Bertz CT molecular complexity index is 272. The maximum Gasteiger partial charge on any atom is 0.119 e. The molecule has 1 aliphatic rings. The van der Waals surface area contributed by atoms with Gasteiger partial charge in [-0.2, -0.15) is 0 Å². The molecule has 0 bridgehead atoms. The molecule has 2 rings (SSSR count). The second-order valence-electron chi connectivity index (χ2n) is 3.38. The van der Waals surface area contributed by atoms with Crippen LogP contribution in [0, 0.1) is 5.92 Å². The Balaban J connectivity index is 0.000000720. The predicted molar refractivity (Wildman–Crippen MR) is 49.7 cm³/mol. The van der Waals surface area contributed by atoms with Crippen LogP contribution < -0.4 is 6.15 Å². The highest BCUT2D eigenvalue weighted by Gasteiger charge is 2.35. The van der Waals surface area contributed by atoms with Gasteiger partial charge in [0.2, 0.25) is 0 Å². The summed E-state index contributed by atoms with van der Waals surface area (Å²) in [5.74, 6) is 1.85. The minimum atomic E-state index is 0. The Labute approximate surface area is 72.8 Å². The molecule has 2 heteroatoms. The molecule has 2 nitrogen and oxygen atoms in total. The average Bonchev–Trinajstić information content (AvgIpc) is 2.68. The van der Waals surface area contributed by atoms with Gasteiger partial charge in [-0.25, -0.2) is 0 Å². The second kappa shape index (κ2) is 3.15. The van der Waals surface area contributed by atoms with Crippen LogP contribution in [0.3, 0.4) is 0 Å². The maximum atomic E-state index is 9.44. The van der Waals surface area contributed by atoms with E-state index in [-0.39, 0.29) is 6.15 Å². The zero-order valence-corrected chi connectivity index (χ0v) is 7.33. The van der Waals surface area contributed by atoms with Gasteiger partial charge in [0.25, 0.3) is 0 Å². The van der Waals surface area contributed by atoms with Gasteiger partial charge in [-0.15, -0.1) is 0 Å². The quantitative estimate of drug-likeness (QED) is 0.672. The van der Waals surface area contributed by atoms with E-state index in [0.717, 1.165) is 11.5 Å². The number of phenols is 1. The highest BCUT2D eigenvalue weighted by Crippen LogP contribution is 2.49. The molecule has 0 amide bonds. The molecule has 1 aliphatic carbocycles. The van der Waals surface area contributed by atoms with Gasteiger partial charge >= 0.3 is 0 Å². The molecule has 0 saturated heterocycles. The van der Waals surface area contributed by atoms with Crippen LogP contribution in [0.4, 0.5) is 0 Å². The maximum absolute atomic E-state index is 9.44. The van der Waals surface area contributed by atoms with Crippen LogP contribution in [0.1, 0.15) is 24.8 Å². The van der Waals surface area contributed by atoms with E-state index in [1.54, 1.807) is 6.07 Å². The number of hydrogen-bond acceptors (Lipinski definition) is 2. The van der Waals surface area contributed by atoms with E-state index in [4.69, 9.17) is 0 Å². The largest absolute Gasteiger partial charge is 0.508 e. The van der Waals surface area contributed by atoms with Crippen molar-refractivity contribution in [3.05, 3.63) is 29.8 Å². The Morgan fingerprint density at radius 3 is 2.42 bits per heavy atom. The summed E-state index contributed by atoms with van der Waals surface area (Å²) >= 11 is 0. The summed E-state index contributed by atoms with van der Waals surface area (Å²) in [6.07, 6.45) is 1.23. The Kier molecular flexibility index (Phi) is 2.38. The highest BCUT2D eigenvalue weighted by atomic mass is 16.3. The molecule has 0 heterocycles. The van der Waals surface area contributed by atoms with Crippen molar-refractivity contribution in [2.24, 2.45) is 5.92 Å². The smallest absolute Gasteiger partial charge is 0.119 e. The first-order valence-corrected chi connectivity index (χ1v) is 4.07. The third-order valence-corrected chi connectivity index (χ3v) is 2.45. The van der Waals surface area contributed by atoms with E-state index in [1.165, 1.54) is 6.42 Å². The van der Waals surface area contributed by atoms with Crippen molar-refractivity contribution in [2.75, 3.05) is 0 Å². The number of para-hydroxylation sites is 1. The molecule has 0 aliphatic heterocycles. The first-order chi connectivity index (χ1) is 5.29. The van der Waals surface area contributed by atoms with Gasteiger partial charge in [-0.3, -0.25) is 0 Å². The molecule has 1 aromatic carbocycles. The van der Waals surface area contributed by atoms with Crippen molar-refractivity contribution in [1.29, 1.82) is 0 Å². The molecule has 1 saturated carbocycles. The molecule has 1 aromatic rings. The Morgan fingerprint density at radius 1 is 1.33 bits per heavy atom. The third-order valence-electron chi connectivity index (χ3n) is 2.45. The second-order valence-corrected chi connectivity index (χ2v) is 3.38. The number of hydrogen-bond donors (Lipinski definition) is 2. The zero-order chi connectivity index (χ0) is 7.84. The van der Waals surface area contributed by atoms with Gasteiger partial charge in [0.1, 0.15) is 5.75 Å². The fraction of sp³-hybridized carbons (Fsp3) is 0.400. The fourth-order valence-electron chi connectivity index (χ4n) is 1.56. The van der Waals surface area contributed by atoms with Crippen molar-refractivity contribution >= 4 is 0 Å². The molecule has 0 radical (unpaired) electrons. The van der Waals surface area contributed by atoms with Crippen LogP contribution in [0.2, 0.25) is 0 Å². The van der Waals surface area contributed by atoms with Crippen LogP contribution in [0.25, 0.3) is 0 Å². The summed E-state index contributed by atoms with van der Waals surface area (Å²) in [5.41, 5.74) is 1.13. The topological polar surface area (TPSA) is 55.2 Å². The van der Waals surface area contributed by atoms with E-state index >= 15 is 0 Å². The molecular formula is C10H15NO. The number of benzene rings is 1. The number of aromatic hydroxyl groups is 1. The molecule has 0 spiro atoms. The van der Waals surface area contributed by atoms with Crippen LogP contribution in [-0.4, -0.2) is 5.11 Å². The SMILES string of the molecule is CC1CC1c1ccccc1O.N. The average molecular weight is 165 g/mol. The highest BCUT2D eigenvalue weighted by molar-refractivity contribution is 5.38. The van der Waals surface area contributed by atoms with Gasteiger partial charge < -0.3 is 11.3 Å². The fourth-order valence-corrected chi connectivity index (χ4v) is 1.56. The predicted octanol–water partition coefficient (Wildman–Crippen LogP) is 2.68. The van der Waals surface area contributed by atoms with Crippen molar-refractivity contribution < 1.29 is 5.11 Å². The van der Waals surface area contributed by atoms with E-state index in [1.807, 2.05) is 18.2 Å². The molecular weight excluding hydrogens is 150 g/mol. The molecule has 12 heavy (non-hydrogen) atoms. The molecule has 1 fully saturated rings. The van der Waals surface area contributed by atoms with Gasteiger partial charge in [-0.1, -0.05) is 25.1 Å². The standard InChI is InChI=1S/C10H12O.H3N/c1-7-6-9(7)8-4-2-3-5-10(8)11;/h2-5,7,9,11H,6H2,1H3;1H3. The summed E-state index contributed by atoms with van der Waals surface area (Å²) in [6.45, 7) is 2.22. The zero-order valence-electron chi connectivity index (χ0n) is 7.33. The lowest BCUT2D eigenvalue weighted by Gasteiger charge is -2.00. The van der Waals surface area contributed by atoms with E-state index in [9.17, 15) is 5.11 Å². The van der Waals surface area contributed by atoms with Gasteiger partial charge in [0, 0.05) is 0 Å². The molecule has 4 N–H and O–H groups in total. The lowest BCUT2D eigenvalue weighted by atomic mass is 10.1. The van der Waals surface area contributed by atoms with Crippen LogP contribution >= 0.6 is 0 Å². The minimum Gasteiger partial charge on any atom is -0.508 e. The summed E-state index contributed by atoms with van der Waals surface area (Å²) in [7, 11) is 0. The van der Waals surface area contributed by atoms with Crippen LogP contribution in [0.5, 0.6) is 5.75 Å². The van der Waals surface area contributed by atoms with E-state index < -0.39 is 0 Å². The van der Waals surface area contributed by atoms with Crippen molar-refractivity contribution in [2.45, 2.75) is 19.3 Å². The Hall–Kier alpha value is -1.02. The summed E-state index contributed by atoms with van der Waals surface area (Å²) in [4.78, 5) is 0. The van der Waals surface area contributed by atoms with Crippen molar-refractivity contribution in [1.82, 2.24) is 6.15 Å². The van der Waals surface area contributed by atoms with Gasteiger partial charge in [0.15, 0.2) is 0 Å². The van der Waals surface area contributed by atoms with Crippen molar-refractivity contribution in [3.8, 4) is 5.75 Å². The molecule has 2 atom stereocenters. The van der Waals surface area contributed by atoms with Gasteiger partial charge in [-0.05, 0) is 29.9 Å². The van der Waals surface area contributed by atoms with Crippen LogP contribution in [0.15, 0.2) is 24.3 Å². The first-order valence-electron chi connectivity index (χ1n) is 4.07. The number of phenolic OH excluding ortho intramolecular Hbond substituents is 1. The lowest BCUT2D eigenvalue weighted by molar-refractivity contribution is 0.467. The monoisotopic (exact) mass is 165 g/mol. The van der Waals surface area contributed by atoms with Crippen molar-refractivity contribution in [3.63, 3.8) is 0 Å². The lowest BCUT2D eigenvalue weighted by Crippen LogP contribution is -1.80. The Morgan fingerprint density at radius 2 is 1.92 bits per heavy atom. The first kappa shape index (κ1) is 9.07. The van der Waals surface area contributed by atoms with E-state index in [0.29, 0.717) is 11.7 Å². The molecule has 2 unspecified atom stereocenters. The van der Waals surface area contributed by atoms with Gasteiger partial charge in [0.05, 0.1) is 0 Å². The third kappa shape index (κ3) is 1.43. The normalized spacial score (nSPS) is 26.1. The van der Waals surface area contributed by atoms with Crippen LogP contribution in [-0.2, 0) is 0 Å².